The van der Waals surface area contributed by atoms with E-state index in [0.29, 0.717) is 6.10 Å². The number of hydrazine groups is 1. The second kappa shape index (κ2) is 3.95. The van der Waals surface area contributed by atoms with Gasteiger partial charge in [-0.2, -0.15) is 0 Å². The number of nitrogens with one attached hydrogen (secondary N) is 1. The van der Waals surface area contributed by atoms with E-state index in [1.807, 2.05) is 0 Å². The van der Waals surface area contributed by atoms with Crippen LogP contribution in [-0.4, -0.2) is 18.2 Å². The first-order chi connectivity index (χ1) is 6.35. The molecule has 2 fully saturated rings. The van der Waals surface area contributed by atoms with Crippen LogP contribution in [0.1, 0.15) is 44.9 Å². The summed E-state index contributed by atoms with van der Waals surface area (Å²) >= 11 is 0. The topological polar surface area (TPSA) is 47.3 Å². The lowest BCUT2D eigenvalue weighted by molar-refractivity contribution is -0.0623. The average Bonchev–Trinajstić information content (AvgIpc) is 2.51. The summed E-state index contributed by atoms with van der Waals surface area (Å²) in [5.74, 6) is 5.30. The molecule has 0 aromatic heterocycles. The SMILES string of the molecule is NNCC1CCC2(CCCCC2)O1. The van der Waals surface area contributed by atoms with Gasteiger partial charge >= 0.3 is 0 Å². The normalized spacial score (nSPS) is 32.5. The Hall–Kier alpha value is -0.120. The average molecular weight is 184 g/mol. The van der Waals surface area contributed by atoms with Crippen LogP contribution in [-0.2, 0) is 4.74 Å². The summed E-state index contributed by atoms with van der Waals surface area (Å²) in [5, 5.41) is 0. The number of ether oxygens (including phenoxy) is 1. The summed E-state index contributed by atoms with van der Waals surface area (Å²) in [7, 11) is 0. The highest BCUT2D eigenvalue weighted by atomic mass is 16.5. The fourth-order valence-corrected chi connectivity index (χ4v) is 2.73. The highest BCUT2D eigenvalue weighted by Crippen LogP contribution is 2.41. The monoisotopic (exact) mass is 184 g/mol. The van der Waals surface area contributed by atoms with Crippen LogP contribution in [0.25, 0.3) is 0 Å². The van der Waals surface area contributed by atoms with E-state index in [0.717, 1.165) is 6.54 Å². The minimum atomic E-state index is 0.250. The number of hydrogen-bond donors (Lipinski definition) is 2. The van der Waals surface area contributed by atoms with Crippen molar-refractivity contribution in [1.82, 2.24) is 5.43 Å². The van der Waals surface area contributed by atoms with E-state index in [4.69, 9.17) is 10.6 Å². The van der Waals surface area contributed by atoms with Gasteiger partial charge in [-0.1, -0.05) is 19.3 Å². The lowest BCUT2D eigenvalue weighted by atomic mass is 9.83. The Labute approximate surface area is 80.0 Å². The smallest absolute Gasteiger partial charge is 0.0721 e. The van der Waals surface area contributed by atoms with Crippen molar-refractivity contribution < 1.29 is 4.74 Å². The summed E-state index contributed by atoms with van der Waals surface area (Å²) in [6, 6.07) is 0. The van der Waals surface area contributed by atoms with E-state index in [-0.39, 0.29) is 5.60 Å². The first kappa shape index (κ1) is 9.44. The Kier molecular flexibility index (Phi) is 2.86. The molecular weight excluding hydrogens is 164 g/mol. The summed E-state index contributed by atoms with van der Waals surface area (Å²) in [6.45, 7) is 0.807. The van der Waals surface area contributed by atoms with Gasteiger partial charge in [-0.25, -0.2) is 0 Å². The quantitative estimate of drug-likeness (QED) is 0.503. The Morgan fingerprint density at radius 1 is 1.23 bits per heavy atom. The number of rotatable bonds is 2. The van der Waals surface area contributed by atoms with Gasteiger partial charge in [0.25, 0.3) is 0 Å². The molecule has 3 nitrogen and oxygen atoms in total. The third kappa shape index (κ3) is 2.03. The molecule has 0 aromatic carbocycles. The van der Waals surface area contributed by atoms with Gasteiger partial charge in [0.2, 0.25) is 0 Å². The van der Waals surface area contributed by atoms with Crippen LogP contribution in [0, 0.1) is 0 Å². The molecule has 2 aliphatic rings. The second-order valence-electron chi connectivity index (χ2n) is 4.43. The van der Waals surface area contributed by atoms with Crippen LogP contribution in [0.15, 0.2) is 0 Å². The van der Waals surface area contributed by atoms with E-state index in [9.17, 15) is 0 Å². The fourth-order valence-electron chi connectivity index (χ4n) is 2.73. The van der Waals surface area contributed by atoms with Crippen molar-refractivity contribution in [3.63, 3.8) is 0 Å². The molecule has 3 heteroatoms. The van der Waals surface area contributed by atoms with Gasteiger partial charge in [0, 0.05) is 6.54 Å². The number of nitrogens with two attached hydrogens (primary N) is 1. The molecule has 1 unspecified atom stereocenters. The molecule has 1 spiro atoms. The summed E-state index contributed by atoms with van der Waals surface area (Å²) in [4.78, 5) is 0. The van der Waals surface area contributed by atoms with Crippen LogP contribution < -0.4 is 11.3 Å². The van der Waals surface area contributed by atoms with Crippen molar-refractivity contribution >= 4 is 0 Å². The maximum Gasteiger partial charge on any atom is 0.0721 e. The van der Waals surface area contributed by atoms with Crippen molar-refractivity contribution in [3.8, 4) is 0 Å². The molecule has 0 bridgehead atoms. The lowest BCUT2D eigenvalue weighted by Crippen LogP contribution is -2.36. The predicted octanol–water partition coefficient (Wildman–Crippen LogP) is 1.33. The minimum Gasteiger partial charge on any atom is -0.370 e. The van der Waals surface area contributed by atoms with E-state index in [1.165, 1.54) is 44.9 Å². The zero-order valence-corrected chi connectivity index (χ0v) is 8.22. The molecule has 1 saturated heterocycles. The van der Waals surface area contributed by atoms with Crippen molar-refractivity contribution in [1.29, 1.82) is 0 Å². The molecule has 1 aliphatic heterocycles. The molecular formula is C10H20N2O. The van der Waals surface area contributed by atoms with Crippen molar-refractivity contribution in [3.05, 3.63) is 0 Å². The van der Waals surface area contributed by atoms with E-state index < -0.39 is 0 Å². The van der Waals surface area contributed by atoms with Gasteiger partial charge in [-0.15, -0.1) is 0 Å². The first-order valence-electron chi connectivity index (χ1n) is 5.46. The van der Waals surface area contributed by atoms with Gasteiger partial charge in [-0.3, -0.25) is 11.3 Å². The lowest BCUT2D eigenvalue weighted by Gasteiger charge is -2.33. The highest BCUT2D eigenvalue weighted by molar-refractivity contribution is 4.91. The zero-order chi connectivity index (χ0) is 9.15. The molecule has 2 rings (SSSR count). The largest absolute Gasteiger partial charge is 0.370 e. The standard InChI is InChI=1S/C10H20N2O/c11-12-8-9-4-7-10(13-9)5-2-1-3-6-10/h9,12H,1-8,11H2. The Balaban J connectivity index is 1.87. The van der Waals surface area contributed by atoms with E-state index in [2.05, 4.69) is 5.43 Å². The summed E-state index contributed by atoms with van der Waals surface area (Å²) in [5.41, 5.74) is 2.96. The highest BCUT2D eigenvalue weighted by Gasteiger charge is 2.40. The summed E-state index contributed by atoms with van der Waals surface area (Å²) < 4.78 is 6.09. The Morgan fingerprint density at radius 2 is 2.00 bits per heavy atom. The van der Waals surface area contributed by atoms with E-state index >= 15 is 0 Å². The maximum absolute atomic E-state index is 6.09. The zero-order valence-electron chi connectivity index (χ0n) is 8.22. The third-order valence-electron chi connectivity index (χ3n) is 3.45. The molecule has 3 N–H and O–H groups in total. The molecule has 0 amide bonds. The Bertz CT molecular complexity index is 166. The Morgan fingerprint density at radius 3 is 2.69 bits per heavy atom. The molecule has 13 heavy (non-hydrogen) atoms. The van der Waals surface area contributed by atoms with Crippen molar-refractivity contribution in [2.75, 3.05) is 6.54 Å². The van der Waals surface area contributed by atoms with Gasteiger partial charge in [0.05, 0.1) is 11.7 Å². The fraction of sp³-hybridized carbons (Fsp3) is 1.00. The van der Waals surface area contributed by atoms with Gasteiger partial charge < -0.3 is 4.74 Å². The second-order valence-corrected chi connectivity index (χ2v) is 4.43. The van der Waals surface area contributed by atoms with Crippen LogP contribution in [0.3, 0.4) is 0 Å². The molecule has 1 atom stereocenters. The van der Waals surface area contributed by atoms with Crippen molar-refractivity contribution in [2.45, 2.75) is 56.7 Å². The van der Waals surface area contributed by atoms with Crippen molar-refractivity contribution in [2.24, 2.45) is 5.84 Å². The predicted molar refractivity (Wildman–Crippen MR) is 52.1 cm³/mol. The van der Waals surface area contributed by atoms with Crippen LogP contribution in [0.4, 0.5) is 0 Å². The van der Waals surface area contributed by atoms with E-state index in [1.54, 1.807) is 0 Å². The maximum atomic E-state index is 6.09. The molecule has 76 valence electrons. The van der Waals surface area contributed by atoms with Crippen LogP contribution in [0.5, 0.6) is 0 Å². The van der Waals surface area contributed by atoms with Crippen LogP contribution in [0.2, 0.25) is 0 Å². The molecule has 1 heterocycles. The molecule has 1 saturated carbocycles. The molecule has 0 aromatic rings. The van der Waals surface area contributed by atoms with Gasteiger partial charge in [0.1, 0.15) is 0 Å². The third-order valence-corrected chi connectivity index (χ3v) is 3.45. The van der Waals surface area contributed by atoms with Gasteiger partial charge in [-0.05, 0) is 25.7 Å². The minimum absolute atomic E-state index is 0.250. The molecule has 1 aliphatic carbocycles. The first-order valence-corrected chi connectivity index (χ1v) is 5.46. The number of hydrogen-bond acceptors (Lipinski definition) is 3. The summed E-state index contributed by atoms with van der Waals surface area (Å²) in [6.07, 6.45) is 9.44. The van der Waals surface area contributed by atoms with Crippen LogP contribution >= 0.6 is 0 Å². The van der Waals surface area contributed by atoms with Gasteiger partial charge in [0.15, 0.2) is 0 Å². The molecule has 0 radical (unpaired) electrons.